The summed E-state index contributed by atoms with van der Waals surface area (Å²) < 4.78 is 5.20. The number of nitrogens with one attached hydrogen (secondary N) is 1. The maximum Gasteiger partial charge on any atom is 0.174 e. The minimum absolute atomic E-state index is 0.0794. The SMILES string of the molecule is Cc1cccc(CNc2ccc(OCC#N)cc2)c1. The summed E-state index contributed by atoms with van der Waals surface area (Å²) in [5, 5.41) is 11.8. The van der Waals surface area contributed by atoms with Crippen molar-refractivity contribution in [1.29, 1.82) is 5.26 Å². The van der Waals surface area contributed by atoms with Crippen molar-refractivity contribution in [3.63, 3.8) is 0 Å². The standard InChI is InChI=1S/C16H16N2O/c1-13-3-2-4-14(11-13)12-18-15-5-7-16(8-6-15)19-10-9-17/h2-8,11,18H,10,12H2,1H3. The van der Waals surface area contributed by atoms with Gasteiger partial charge in [0, 0.05) is 12.2 Å². The van der Waals surface area contributed by atoms with E-state index in [1.165, 1.54) is 11.1 Å². The fourth-order valence-electron chi connectivity index (χ4n) is 1.81. The third kappa shape index (κ3) is 4.04. The second-order valence-electron chi connectivity index (χ2n) is 4.31. The van der Waals surface area contributed by atoms with Gasteiger partial charge in [0.1, 0.15) is 11.8 Å². The summed E-state index contributed by atoms with van der Waals surface area (Å²) in [5.74, 6) is 0.711. The monoisotopic (exact) mass is 252 g/mol. The number of rotatable bonds is 5. The van der Waals surface area contributed by atoms with Gasteiger partial charge < -0.3 is 10.1 Å². The fourth-order valence-corrected chi connectivity index (χ4v) is 1.81. The van der Waals surface area contributed by atoms with E-state index >= 15 is 0 Å². The Bertz CT molecular complexity index is 570. The van der Waals surface area contributed by atoms with Crippen molar-refractivity contribution < 1.29 is 4.74 Å². The summed E-state index contributed by atoms with van der Waals surface area (Å²) >= 11 is 0. The van der Waals surface area contributed by atoms with Crippen LogP contribution in [0, 0.1) is 18.3 Å². The average Bonchev–Trinajstić information content (AvgIpc) is 2.44. The van der Waals surface area contributed by atoms with Crippen molar-refractivity contribution in [2.24, 2.45) is 0 Å². The van der Waals surface area contributed by atoms with Crippen molar-refractivity contribution in [3.8, 4) is 11.8 Å². The van der Waals surface area contributed by atoms with Crippen LogP contribution in [0.25, 0.3) is 0 Å². The first-order valence-electron chi connectivity index (χ1n) is 6.17. The summed E-state index contributed by atoms with van der Waals surface area (Å²) in [6.45, 7) is 2.96. The molecule has 0 atom stereocenters. The van der Waals surface area contributed by atoms with Crippen LogP contribution in [0.5, 0.6) is 5.75 Å². The van der Waals surface area contributed by atoms with E-state index in [1.807, 2.05) is 30.3 Å². The van der Waals surface area contributed by atoms with Crippen LogP contribution in [-0.4, -0.2) is 6.61 Å². The van der Waals surface area contributed by atoms with Crippen molar-refractivity contribution in [2.45, 2.75) is 13.5 Å². The highest BCUT2D eigenvalue weighted by Crippen LogP contribution is 2.16. The topological polar surface area (TPSA) is 45.0 Å². The van der Waals surface area contributed by atoms with Crippen LogP contribution >= 0.6 is 0 Å². The first-order chi connectivity index (χ1) is 9.28. The number of aryl methyl sites for hydroxylation is 1. The molecule has 1 N–H and O–H groups in total. The van der Waals surface area contributed by atoms with Gasteiger partial charge in [-0.05, 0) is 36.8 Å². The molecule has 0 amide bonds. The Morgan fingerprint density at radius 2 is 1.95 bits per heavy atom. The van der Waals surface area contributed by atoms with E-state index in [4.69, 9.17) is 10.00 Å². The highest BCUT2D eigenvalue weighted by atomic mass is 16.5. The van der Waals surface area contributed by atoms with Crippen LogP contribution in [0.4, 0.5) is 5.69 Å². The van der Waals surface area contributed by atoms with Gasteiger partial charge in [0.05, 0.1) is 0 Å². The second-order valence-corrected chi connectivity index (χ2v) is 4.31. The van der Waals surface area contributed by atoms with Gasteiger partial charge in [-0.3, -0.25) is 0 Å². The zero-order valence-corrected chi connectivity index (χ0v) is 10.9. The van der Waals surface area contributed by atoms with Gasteiger partial charge >= 0.3 is 0 Å². The molecule has 3 heteroatoms. The number of anilines is 1. The smallest absolute Gasteiger partial charge is 0.174 e. The van der Waals surface area contributed by atoms with Crippen LogP contribution in [0.2, 0.25) is 0 Å². The fraction of sp³-hybridized carbons (Fsp3) is 0.188. The van der Waals surface area contributed by atoms with Crippen LogP contribution in [0.3, 0.4) is 0 Å². The van der Waals surface area contributed by atoms with Gasteiger partial charge in [-0.2, -0.15) is 5.26 Å². The summed E-state index contributed by atoms with van der Waals surface area (Å²) in [6, 6.07) is 18.0. The highest BCUT2D eigenvalue weighted by Gasteiger charge is 1.96. The summed E-state index contributed by atoms with van der Waals surface area (Å²) in [6.07, 6.45) is 0. The van der Waals surface area contributed by atoms with E-state index in [-0.39, 0.29) is 6.61 Å². The lowest BCUT2D eigenvalue weighted by Gasteiger charge is -2.08. The molecular weight excluding hydrogens is 236 g/mol. The van der Waals surface area contributed by atoms with Crippen molar-refractivity contribution in [1.82, 2.24) is 0 Å². The Hall–Kier alpha value is -2.47. The molecule has 3 nitrogen and oxygen atoms in total. The Morgan fingerprint density at radius 1 is 1.16 bits per heavy atom. The molecule has 2 aromatic carbocycles. The molecule has 0 heterocycles. The maximum absolute atomic E-state index is 8.43. The summed E-state index contributed by atoms with van der Waals surface area (Å²) in [5.41, 5.74) is 3.55. The molecule has 19 heavy (non-hydrogen) atoms. The quantitative estimate of drug-likeness (QED) is 0.885. The highest BCUT2D eigenvalue weighted by molar-refractivity contribution is 5.47. The summed E-state index contributed by atoms with van der Waals surface area (Å²) in [4.78, 5) is 0. The van der Waals surface area contributed by atoms with Crippen molar-refractivity contribution in [2.75, 3.05) is 11.9 Å². The minimum Gasteiger partial charge on any atom is -0.479 e. The van der Waals surface area contributed by atoms with Gasteiger partial charge in [0.25, 0.3) is 0 Å². The Morgan fingerprint density at radius 3 is 2.63 bits per heavy atom. The predicted molar refractivity (Wildman–Crippen MR) is 76.1 cm³/mol. The van der Waals surface area contributed by atoms with E-state index in [2.05, 4.69) is 36.5 Å². The molecule has 2 rings (SSSR count). The molecular formula is C16H16N2O. The van der Waals surface area contributed by atoms with Crippen LogP contribution < -0.4 is 10.1 Å². The largest absolute Gasteiger partial charge is 0.479 e. The third-order valence-corrected chi connectivity index (χ3v) is 2.74. The molecule has 0 fully saturated rings. The lowest BCUT2D eigenvalue weighted by Crippen LogP contribution is -1.99. The number of ether oxygens (including phenoxy) is 1. The number of hydrogen-bond donors (Lipinski definition) is 1. The number of nitriles is 1. The molecule has 96 valence electrons. The van der Waals surface area contributed by atoms with Gasteiger partial charge in [-0.1, -0.05) is 29.8 Å². The number of benzene rings is 2. The van der Waals surface area contributed by atoms with Gasteiger partial charge in [-0.15, -0.1) is 0 Å². The van der Waals surface area contributed by atoms with Gasteiger partial charge in [0.2, 0.25) is 0 Å². The average molecular weight is 252 g/mol. The van der Waals surface area contributed by atoms with E-state index in [1.54, 1.807) is 0 Å². The lowest BCUT2D eigenvalue weighted by molar-refractivity contribution is 0.368. The Labute approximate surface area is 113 Å². The van der Waals surface area contributed by atoms with Crippen LogP contribution in [0.15, 0.2) is 48.5 Å². The summed E-state index contributed by atoms with van der Waals surface area (Å²) in [7, 11) is 0. The molecule has 0 bridgehead atoms. The molecule has 0 spiro atoms. The molecule has 0 saturated carbocycles. The minimum atomic E-state index is 0.0794. The zero-order valence-electron chi connectivity index (χ0n) is 10.9. The number of nitrogens with zero attached hydrogens (tertiary/aromatic N) is 1. The molecule has 0 aliphatic rings. The van der Waals surface area contributed by atoms with E-state index in [9.17, 15) is 0 Å². The van der Waals surface area contributed by atoms with Gasteiger partial charge in [0.15, 0.2) is 6.61 Å². The first-order valence-corrected chi connectivity index (χ1v) is 6.17. The number of hydrogen-bond acceptors (Lipinski definition) is 3. The van der Waals surface area contributed by atoms with Gasteiger partial charge in [-0.25, -0.2) is 0 Å². The molecule has 0 unspecified atom stereocenters. The lowest BCUT2D eigenvalue weighted by atomic mass is 10.1. The molecule has 0 aliphatic carbocycles. The van der Waals surface area contributed by atoms with E-state index in [0.717, 1.165) is 12.2 Å². The molecule has 0 radical (unpaired) electrons. The third-order valence-electron chi connectivity index (χ3n) is 2.74. The molecule has 0 aliphatic heterocycles. The molecule has 2 aromatic rings. The zero-order chi connectivity index (χ0) is 13.5. The second kappa shape index (κ2) is 6.46. The molecule has 0 aromatic heterocycles. The van der Waals surface area contributed by atoms with Crippen LogP contribution in [-0.2, 0) is 6.54 Å². The van der Waals surface area contributed by atoms with E-state index in [0.29, 0.717) is 5.75 Å². The Balaban J connectivity index is 1.91. The van der Waals surface area contributed by atoms with Crippen LogP contribution in [0.1, 0.15) is 11.1 Å². The predicted octanol–water partition coefficient (Wildman–Crippen LogP) is 3.51. The first kappa shape index (κ1) is 13.0. The van der Waals surface area contributed by atoms with Crippen molar-refractivity contribution >= 4 is 5.69 Å². The normalized spacial score (nSPS) is 9.68. The molecule has 0 saturated heterocycles. The van der Waals surface area contributed by atoms with Crippen molar-refractivity contribution in [3.05, 3.63) is 59.7 Å². The Kier molecular flexibility index (Phi) is 4.41. The van der Waals surface area contributed by atoms with E-state index < -0.39 is 0 Å². The maximum atomic E-state index is 8.43.